The van der Waals surface area contributed by atoms with Gasteiger partial charge in [-0.15, -0.1) is 0 Å². The molecule has 0 amide bonds. The summed E-state index contributed by atoms with van der Waals surface area (Å²) in [5.41, 5.74) is 2.16. The van der Waals surface area contributed by atoms with Gasteiger partial charge in [0, 0.05) is 19.0 Å². The van der Waals surface area contributed by atoms with E-state index in [0.717, 1.165) is 42.8 Å². The maximum atomic E-state index is 11.4. The summed E-state index contributed by atoms with van der Waals surface area (Å²) in [6.07, 6.45) is 1.60. The number of fused-ring (bicyclic) bond motifs is 2. The first-order valence-electron chi connectivity index (χ1n) is 9.31. The van der Waals surface area contributed by atoms with Crippen molar-refractivity contribution in [3.63, 3.8) is 0 Å². The Morgan fingerprint density at radius 3 is 2.78 bits per heavy atom. The molecule has 1 aromatic rings. The van der Waals surface area contributed by atoms with Gasteiger partial charge in [-0.2, -0.15) is 0 Å². The van der Waals surface area contributed by atoms with Crippen molar-refractivity contribution in [1.82, 2.24) is 4.90 Å². The van der Waals surface area contributed by atoms with Gasteiger partial charge in [0.25, 0.3) is 0 Å². The van der Waals surface area contributed by atoms with Crippen molar-refractivity contribution in [2.24, 2.45) is 0 Å². The average molecular weight is 377 g/mol. The van der Waals surface area contributed by atoms with Crippen molar-refractivity contribution in [2.45, 2.75) is 38.7 Å². The molecular weight excluding hydrogens is 350 g/mol. The Hall–Kier alpha value is -2.41. The fourth-order valence-electron chi connectivity index (χ4n) is 3.93. The lowest BCUT2D eigenvalue weighted by molar-refractivity contribution is 0.0254. The molecule has 7 heteroatoms. The van der Waals surface area contributed by atoms with Gasteiger partial charge < -0.3 is 29.0 Å². The number of hydrogen-bond donors (Lipinski definition) is 1. The summed E-state index contributed by atoms with van der Waals surface area (Å²) < 4.78 is 21.9. The molecule has 0 spiro atoms. The molecule has 0 saturated heterocycles. The molecule has 7 nitrogen and oxygen atoms in total. The SMILES string of the molecule is C/C=C(/OC)C(OC(=O)O)C1CN(CCC)CCc2cc3c(cc21)OCO3. The predicted octanol–water partition coefficient (Wildman–Crippen LogP) is 3.38. The molecule has 0 aliphatic carbocycles. The Kier molecular flexibility index (Phi) is 6.11. The average Bonchev–Trinajstić information content (AvgIpc) is 3.03. The van der Waals surface area contributed by atoms with Crippen molar-refractivity contribution in [3.05, 3.63) is 35.1 Å². The van der Waals surface area contributed by atoms with E-state index >= 15 is 0 Å². The first-order chi connectivity index (χ1) is 13.1. The van der Waals surface area contributed by atoms with Crippen LogP contribution in [0.2, 0.25) is 0 Å². The second-order valence-corrected chi connectivity index (χ2v) is 6.76. The quantitative estimate of drug-likeness (QED) is 0.601. The lowest BCUT2D eigenvalue weighted by atomic mass is 9.87. The van der Waals surface area contributed by atoms with E-state index in [0.29, 0.717) is 18.1 Å². The van der Waals surface area contributed by atoms with Gasteiger partial charge in [-0.3, -0.25) is 0 Å². The summed E-state index contributed by atoms with van der Waals surface area (Å²) in [6.45, 7) is 6.68. The van der Waals surface area contributed by atoms with Crippen molar-refractivity contribution in [1.29, 1.82) is 0 Å². The fourth-order valence-corrected chi connectivity index (χ4v) is 3.93. The predicted molar refractivity (Wildman–Crippen MR) is 99.4 cm³/mol. The smallest absolute Gasteiger partial charge is 0.497 e. The number of allylic oxidation sites excluding steroid dienone is 1. The minimum Gasteiger partial charge on any atom is -0.497 e. The number of nitrogens with zero attached hydrogens (tertiary/aromatic N) is 1. The lowest BCUT2D eigenvalue weighted by Gasteiger charge is -2.31. The van der Waals surface area contributed by atoms with Crippen LogP contribution in [-0.4, -0.2) is 55.8 Å². The Labute approximate surface area is 159 Å². The third kappa shape index (κ3) is 4.13. The molecule has 148 valence electrons. The van der Waals surface area contributed by atoms with Gasteiger partial charge in [0.1, 0.15) is 5.76 Å². The molecule has 0 fully saturated rings. The van der Waals surface area contributed by atoms with Crippen LogP contribution in [0, 0.1) is 0 Å². The van der Waals surface area contributed by atoms with E-state index in [1.165, 1.54) is 7.11 Å². The molecule has 0 aromatic heterocycles. The van der Waals surface area contributed by atoms with Crippen LogP contribution in [0.3, 0.4) is 0 Å². The highest BCUT2D eigenvalue weighted by Gasteiger charge is 2.36. The van der Waals surface area contributed by atoms with E-state index in [1.807, 2.05) is 19.1 Å². The highest BCUT2D eigenvalue weighted by atomic mass is 16.7. The third-order valence-corrected chi connectivity index (χ3v) is 5.12. The molecule has 0 radical (unpaired) electrons. The number of ether oxygens (including phenoxy) is 4. The van der Waals surface area contributed by atoms with E-state index in [9.17, 15) is 9.90 Å². The van der Waals surface area contributed by atoms with Crippen molar-refractivity contribution < 1.29 is 28.8 Å². The monoisotopic (exact) mass is 377 g/mol. The highest BCUT2D eigenvalue weighted by molar-refractivity contribution is 5.58. The maximum absolute atomic E-state index is 11.4. The Morgan fingerprint density at radius 1 is 1.41 bits per heavy atom. The standard InChI is InChI=1S/C20H27NO6/c1-4-7-21-8-6-13-9-17-18(26-12-25-17)10-14(13)15(11-21)19(27-20(22)23)16(5-2)24-3/h5,9-10,15,19H,4,6-8,11-12H2,1-3H3,(H,22,23)/b16-5+. The molecule has 1 N–H and O–H groups in total. The summed E-state index contributed by atoms with van der Waals surface area (Å²) >= 11 is 0. The van der Waals surface area contributed by atoms with Gasteiger partial charge in [0.15, 0.2) is 17.6 Å². The van der Waals surface area contributed by atoms with Gasteiger partial charge in [-0.05, 0) is 55.6 Å². The largest absolute Gasteiger partial charge is 0.506 e. The summed E-state index contributed by atoms with van der Waals surface area (Å²) in [5.74, 6) is 1.73. The molecule has 2 atom stereocenters. The molecule has 27 heavy (non-hydrogen) atoms. The molecule has 1 aromatic carbocycles. The lowest BCUT2D eigenvalue weighted by Crippen LogP contribution is -2.36. The molecule has 3 rings (SSSR count). The number of carbonyl (C=O) groups is 1. The van der Waals surface area contributed by atoms with Crippen LogP contribution in [0.25, 0.3) is 0 Å². The summed E-state index contributed by atoms with van der Waals surface area (Å²) in [4.78, 5) is 13.8. The Morgan fingerprint density at radius 2 is 2.15 bits per heavy atom. The normalized spacial score (nSPS) is 20.6. The topological polar surface area (TPSA) is 77.5 Å². The summed E-state index contributed by atoms with van der Waals surface area (Å²) in [6, 6.07) is 3.99. The second kappa shape index (κ2) is 8.52. The fraction of sp³-hybridized carbons (Fsp3) is 0.550. The molecule has 2 unspecified atom stereocenters. The molecule has 2 heterocycles. The van der Waals surface area contributed by atoms with Crippen molar-refractivity contribution in [3.8, 4) is 11.5 Å². The van der Waals surface area contributed by atoms with E-state index < -0.39 is 12.3 Å². The maximum Gasteiger partial charge on any atom is 0.506 e. The van der Waals surface area contributed by atoms with E-state index in [-0.39, 0.29) is 12.7 Å². The van der Waals surface area contributed by atoms with Crippen LogP contribution in [0.5, 0.6) is 11.5 Å². The number of methoxy groups -OCH3 is 1. The van der Waals surface area contributed by atoms with Gasteiger partial charge >= 0.3 is 6.16 Å². The number of rotatable bonds is 6. The Bertz CT molecular complexity index is 717. The molecule has 2 aliphatic rings. The van der Waals surface area contributed by atoms with Crippen LogP contribution < -0.4 is 9.47 Å². The van der Waals surface area contributed by atoms with Crippen LogP contribution in [0.4, 0.5) is 4.79 Å². The van der Waals surface area contributed by atoms with Gasteiger partial charge in [0.05, 0.1) is 7.11 Å². The summed E-state index contributed by atoms with van der Waals surface area (Å²) in [5, 5.41) is 9.33. The second-order valence-electron chi connectivity index (χ2n) is 6.76. The first kappa shape index (κ1) is 19.4. The number of hydrogen-bond acceptors (Lipinski definition) is 6. The zero-order chi connectivity index (χ0) is 19.4. The zero-order valence-corrected chi connectivity index (χ0v) is 16.1. The van der Waals surface area contributed by atoms with E-state index in [4.69, 9.17) is 18.9 Å². The van der Waals surface area contributed by atoms with Crippen molar-refractivity contribution in [2.75, 3.05) is 33.5 Å². The minimum atomic E-state index is -1.31. The van der Waals surface area contributed by atoms with Crippen LogP contribution in [0.1, 0.15) is 37.3 Å². The van der Waals surface area contributed by atoms with Gasteiger partial charge in [-0.1, -0.05) is 6.92 Å². The number of benzene rings is 1. The third-order valence-electron chi connectivity index (χ3n) is 5.12. The van der Waals surface area contributed by atoms with E-state index in [1.54, 1.807) is 6.08 Å². The molecule has 2 aliphatic heterocycles. The zero-order valence-electron chi connectivity index (χ0n) is 16.1. The van der Waals surface area contributed by atoms with Crippen LogP contribution in [-0.2, 0) is 15.9 Å². The van der Waals surface area contributed by atoms with Crippen molar-refractivity contribution >= 4 is 6.16 Å². The van der Waals surface area contributed by atoms with Crippen LogP contribution >= 0.6 is 0 Å². The summed E-state index contributed by atoms with van der Waals surface area (Å²) in [7, 11) is 1.54. The first-order valence-corrected chi connectivity index (χ1v) is 9.31. The van der Waals surface area contributed by atoms with Gasteiger partial charge in [0.2, 0.25) is 6.79 Å². The van der Waals surface area contributed by atoms with E-state index in [2.05, 4.69) is 11.8 Å². The van der Waals surface area contributed by atoms with Crippen LogP contribution in [0.15, 0.2) is 24.0 Å². The minimum absolute atomic E-state index is 0.203. The highest BCUT2D eigenvalue weighted by Crippen LogP contribution is 2.41. The number of carboxylic acid groups (broad SMARTS) is 1. The molecule has 0 saturated carbocycles. The Balaban J connectivity index is 2.06. The molecule has 0 bridgehead atoms. The molecular formula is C20H27NO6. The van der Waals surface area contributed by atoms with Gasteiger partial charge in [-0.25, -0.2) is 4.79 Å².